The van der Waals surface area contributed by atoms with E-state index in [-0.39, 0.29) is 6.10 Å². The maximum Gasteiger partial charge on any atom is 0.226 e. The third-order valence-electron chi connectivity index (χ3n) is 2.53. The largest absolute Gasteiger partial charge is 0.475 e. The van der Waals surface area contributed by atoms with Crippen molar-refractivity contribution in [1.82, 2.24) is 9.97 Å². The molecule has 20 heavy (non-hydrogen) atoms. The van der Waals surface area contributed by atoms with Gasteiger partial charge in [-0.2, -0.15) is 4.98 Å². The number of hydrogen-bond donors (Lipinski definition) is 1. The minimum absolute atomic E-state index is 0.0880. The van der Waals surface area contributed by atoms with Crippen LogP contribution in [0, 0.1) is 6.92 Å². The molecule has 0 bridgehead atoms. The number of aryl methyl sites for hydroxylation is 1. The number of benzene rings is 1. The van der Waals surface area contributed by atoms with E-state index in [1.54, 1.807) is 0 Å². The van der Waals surface area contributed by atoms with Crippen molar-refractivity contribution < 1.29 is 4.74 Å². The minimum Gasteiger partial charge on any atom is -0.475 e. The third-order valence-corrected chi connectivity index (χ3v) is 2.76. The number of ether oxygens (including phenoxy) is 1. The van der Waals surface area contributed by atoms with Gasteiger partial charge in [-0.25, -0.2) is 4.98 Å². The molecular weight excluding hydrogens is 274 g/mol. The van der Waals surface area contributed by atoms with Crippen molar-refractivity contribution in [2.24, 2.45) is 0 Å². The van der Waals surface area contributed by atoms with Crippen LogP contribution in [0.2, 0.25) is 5.02 Å². The molecule has 0 radical (unpaired) electrons. The zero-order valence-electron chi connectivity index (χ0n) is 11.9. The van der Waals surface area contributed by atoms with E-state index in [0.29, 0.717) is 18.4 Å². The summed E-state index contributed by atoms with van der Waals surface area (Å²) in [4.78, 5) is 8.68. The number of nitrogens with zero attached hydrogens (tertiary/aromatic N) is 2. The van der Waals surface area contributed by atoms with E-state index < -0.39 is 0 Å². The Hall–Kier alpha value is -1.81. The number of halogens is 1. The van der Waals surface area contributed by atoms with Crippen LogP contribution < -0.4 is 10.1 Å². The Morgan fingerprint density at radius 1 is 1.25 bits per heavy atom. The standard InChI is InChI=1S/C15H18ClN3O/c1-10(2)20-14-7-11(3)18-15(19-14)17-9-12-5-4-6-13(16)8-12/h4-8,10H,9H2,1-3H3,(H,17,18,19). The van der Waals surface area contributed by atoms with Crippen LogP contribution in [0.5, 0.6) is 5.88 Å². The van der Waals surface area contributed by atoms with Gasteiger partial charge in [-0.1, -0.05) is 23.7 Å². The fraction of sp³-hybridized carbons (Fsp3) is 0.333. The molecule has 0 aliphatic heterocycles. The fourth-order valence-corrected chi connectivity index (χ4v) is 1.96. The Balaban J connectivity index is 2.07. The summed E-state index contributed by atoms with van der Waals surface area (Å²) in [5, 5.41) is 3.90. The number of nitrogens with one attached hydrogen (secondary N) is 1. The molecule has 0 spiro atoms. The molecule has 0 amide bonds. The van der Waals surface area contributed by atoms with Crippen LogP contribution in [0.25, 0.3) is 0 Å². The molecule has 0 fully saturated rings. The summed E-state index contributed by atoms with van der Waals surface area (Å²) in [6.07, 6.45) is 0.0880. The number of aromatic nitrogens is 2. The summed E-state index contributed by atoms with van der Waals surface area (Å²) in [5.74, 6) is 1.14. The van der Waals surface area contributed by atoms with Crippen LogP contribution in [0.4, 0.5) is 5.95 Å². The summed E-state index contributed by atoms with van der Waals surface area (Å²) in [6, 6.07) is 9.51. The first kappa shape index (κ1) is 14.6. The van der Waals surface area contributed by atoms with Gasteiger partial charge in [0.05, 0.1) is 6.10 Å². The van der Waals surface area contributed by atoms with E-state index in [1.165, 1.54) is 0 Å². The maximum absolute atomic E-state index is 5.96. The van der Waals surface area contributed by atoms with Gasteiger partial charge in [-0.3, -0.25) is 0 Å². The highest BCUT2D eigenvalue weighted by atomic mass is 35.5. The molecular formula is C15H18ClN3O. The Morgan fingerprint density at radius 3 is 2.75 bits per heavy atom. The monoisotopic (exact) mass is 291 g/mol. The summed E-state index contributed by atoms with van der Waals surface area (Å²) in [5.41, 5.74) is 1.94. The van der Waals surface area contributed by atoms with Gasteiger partial charge in [0, 0.05) is 23.3 Å². The predicted molar refractivity (Wildman–Crippen MR) is 81.3 cm³/mol. The van der Waals surface area contributed by atoms with Crippen LogP contribution in [0.3, 0.4) is 0 Å². The Kier molecular flexibility index (Phi) is 4.79. The quantitative estimate of drug-likeness (QED) is 0.909. The molecule has 0 aliphatic rings. The highest BCUT2D eigenvalue weighted by Crippen LogP contribution is 2.15. The van der Waals surface area contributed by atoms with E-state index in [1.807, 2.05) is 51.1 Å². The van der Waals surface area contributed by atoms with Gasteiger partial charge < -0.3 is 10.1 Å². The first-order valence-corrected chi connectivity index (χ1v) is 6.91. The molecule has 2 aromatic rings. The smallest absolute Gasteiger partial charge is 0.226 e. The van der Waals surface area contributed by atoms with Gasteiger partial charge in [0.15, 0.2) is 0 Å². The predicted octanol–water partition coefficient (Wildman–Crippen LogP) is 3.84. The summed E-state index contributed by atoms with van der Waals surface area (Å²) >= 11 is 5.96. The molecule has 1 heterocycles. The molecule has 5 heteroatoms. The molecule has 0 saturated heterocycles. The Labute approximate surface area is 124 Å². The van der Waals surface area contributed by atoms with Gasteiger partial charge >= 0.3 is 0 Å². The average molecular weight is 292 g/mol. The molecule has 0 saturated carbocycles. The van der Waals surface area contributed by atoms with E-state index in [0.717, 1.165) is 16.3 Å². The normalized spacial score (nSPS) is 10.7. The lowest BCUT2D eigenvalue weighted by molar-refractivity contribution is 0.232. The van der Waals surface area contributed by atoms with Gasteiger partial charge in [0.1, 0.15) is 0 Å². The lowest BCUT2D eigenvalue weighted by Gasteiger charge is -2.11. The molecule has 0 atom stereocenters. The molecule has 106 valence electrons. The Bertz CT molecular complexity index is 587. The van der Waals surface area contributed by atoms with Gasteiger partial charge in [-0.05, 0) is 38.5 Å². The van der Waals surface area contributed by atoms with Crippen molar-refractivity contribution >= 4 is 17.5 Å². The third kappa shape index (κ3) is 4.38. The van der Waals surface area contributed by atoms with E-state index in [9.17, 15) is 0 Å². The number of rotatable bonds is 5. The van der Waals surface area contributed by atoms with E-state index in [4.69, 9.17) is 16.3 Å². The molecule has 0 aliphatic carbocycles. The molecule has 1 aromatic heterocycles. The van der Waals surface area contributed by atoms with Crippen molar-refractivity contribution in [1.29, 1.82) is 0 Å². The maximum atomic E-state index is 5.96. The second-order valence-electron chi connectivity index (χ2n) is 4.82. The first-order chi connectivity index (χ1) is 9.52. The average Bonchev–Trinajstić information content (AvgIpc) is 2.35. The van der Waals surface area contributed by atoms with E-state index in [2.05, 4.69) is 15.3 Å². The van der Waals surface area contributed by atoms with Crippen LogP contribution in [-0.4, -0.2) is 16.1 Å². The Morgan fingerprint density at radius 2 is 2.05 bits per heavy atom. The minimum atomic E-state index is 0.0880. The summed E-state index contributed by atoms with van der Waals surface area (Å²) < 4.78 is 5.59. The number of hydrogen-bond acceptors (Lipinski definition) is 4. The van der Waals surface area contributed by atoms with Gasteiger partial charge in [0.2, 0.25) is 11.8 Å². The van der Waals surface area contributed by atoms with Crippen LogP contribution >= 0.6 is 11.6 Å². The topological polar surface area (TPSA) is 47.0 Å². The zero-order valence-corrected chi connectivity index (χ0v) is 12.6. The summed E-state index contributed by atoms with van der Waals surface area (Å²) in [6.45, 7) is 6.47. The van der Waals surface area contributed by atoms with Crippen molar-refractivity contribution in [3.63, 3.8) is 0 Å². The first-order valence-electron chi connectivity index (χ1n) is 6.53. The zero-order chi connectivity index (χ0) is 14.5. The molecule has 4 nitrogen and oxygen atoms in total. The highest BCUT2D eigenvalue weighted by Gasteiger charge is 2.05. The van der Waals surface area contributed by atoms with Crippen molar-refractivity contribution in [3.05, 3.63) is 46.6 Å². The van der Waals surface area contributed by atoms with Gasteiger partial charge in [0.25, 0.3) is 0 Å². The second-order valence-corrected chi connectivity index (χ2v) is 5.26. The second kappa shape index (κ2) is 6.57. The molecule has 1 N–H and O–H groups in total. The SMILES string of the molecule is Cc1cc(OC(C)C)nc(NCc2cccc(Cl)c2)n1. The lowest BCUT2D eigenvalue weighted by Crippen LogP contribution is -2.10. The summed E-state index contributed by atoms with van der Waals surface area (Å²) in [7, 11) is 0. The van der Waals surface area contributed by atoms with Crippen LogP contribution in [0.1, 0.15) is 25.1 Å². The fourth-order valence-electron chi connectivity index (χ4n) is 1.75. The van der Waals surface area contributed by atoms with Crippen molar-refractivity contribution in [2.45, 2.75) is 33.4 Å². The number of anilines is 1. The van der Waals surface area contributed by atoms with Crippen molar-refractivity contribution in [3.8, 4) is 5.88 Å². The molecule has 0 unspecified atom stereocenters. The van der Waals surface area contributed by atoms with Gasteiger partial charge in [-0.15, -0.1) is 0 Å². The molecule has 2 rings (SSSR count). The van der Waals surface area contributed by atoms with Crippen LogP contribution in [0.15, 0.2) is 30.3 Å². The van der Waals surface area contributed by atoms with Crippen LogP contribution in [-0.2, 0) is 6.54 Å². The molecule has 1 aromatic carbocycles. The van der Waals surface area contributed by atoms with E-state index >= 15 is 0 Å². The van der Waals surface area contributed by atoms with Crippen molar-refractivity contribution in [2.75, 3.05) is 5.32 Å². The lowest BCUT2D eigenvalue weighted by atomic mass is 10.2. The highest BCUT2D eigenvalue weighted by molar-refractivity contribution is 6.30.